The largest absolute Gasteiger partial charge is 0.497 e. The summed E-state index contributed by atoms with van der Waals surface area (Å²) in [6, 6.07) is 8.09. The van der Waals surface area contributed by atoms with Gasteiger partial charge in [0.25, 0.3) is 0 Å². The van der Waals surface area contributed by atoms with Crippen LogP contribution < -0.4 is 10.1 Å². The number of fused-ring (bicyclic) bond motifs is 1. The Balaban J connectivity index is 1.91. The van der Waals surface area contributed by atoms with Gasteiger partial charge in [-0.05, 0) is 43.4 Å². The van der Waals surface area contributed by atoms with E-state index in [2.05, 4.69) is 11.4 Å². The Morgan fingerprint density at radius 3 is 2.86 bits per heavy atom. The number of hydrogen-bond donors (Lipinski definition) is 1. The Kier molecular flexibility index (Phi) is 4.04. The van der Waals surface area contributed by atoms with Gasteiger partial charge < -0.3 is 10.1 Å². The van der Waals surface area contributed by atoms with E-state index < -0.39 is 0 Å². The van der Waals surface area contributed by atoms with Gasteiger partial charge in [0.2, 0.25) is 0 Å². The van der Waals surface area contributed by atoms with E-state index in [1.54, 1.807) is 7.11 Å². The van der Waals surface area contributed by atoms with Crippen molar-refractivity contribution < 1.29 is 4.74 Å². The SMILES string of the molecule is CNc1nc(Cc2cccc(OC)c2)nc2c1CCCC2. The highest BCUT2D eigenvalue weighted by Crippen LogP contribution is 2.26. The van der Waals surface area contributed by atoms with Crippen molar-refractivity contribution in [2.75, 3.05) is 19.5 Å². The van der Waals surface area contributed by atoms with Gasteiger partial charge in [-0.15, -0.1) is 0 Å². The molecule has 110 valence electrons. The first-order valence-corrected chi connectivity index (χ1v) is 7.49. The van der Waals surface area contributed by atoms with Crippen LogP contribution in [0.1, 0.15) is 35.5 Å². The van der Waals surface area contributed by atoms with Crippen molar-refractivity contribution in [3.05, 3.63) is 46.9 Å². The van der Waals surface area contributed by atoms with E-state index in [-0.39, 0.29) is 0 Å². The van der Waals surface area contributed by atoms with E-state index in [0.717, 1.165) is 36.7 Å². The highest BCUT2D eigenvalue weighted by molar-refractivity contribution is 5.47. The number of rotatable bonds is 4. The molecule has 0 bridgehead atoms. The molecule has 0 aliphatic heterocycles. The molecule has 0 saturated carbocycles. The lowest BCUT2D eigenvalue weighted by atomic mass is 9.96. The molecular formula is C17H21N3O. The molecule has 0 spiro atoms. The Hall–Kier alpha value is -2.10. The molecule has 1 heterocycles. The van der Waals surface area contributed by atoms with Gasteiger partial charge in [0.05, 0.1) is 7.11 Å². The number of benzene rings is 1. The predicted octanol–water partition coefficient (Wildman–Crippen LogP) is 3.00. The van der Waals surface area contributed by atoms with E-state index >= 15 is 0 Å². The van der Waals surface area contributed by atoms with Crippen molar-refractivity contribution in [3.63, 3.8) is 0 Å². The Bertz CT molecular complexity index is 623. The van der Waals surface area contributed by atoms with Gasteiger partial charge >= 0.3 is 0 Å². The van der Waals surface area contributed by atoms with Gasteiger partial charge in [0.1, 0.15) is 17.4 Å². The summed E-state index contributed by atoms with van der Waals surface area (Å²) >= 11 is 0. The van der Waals surface area contributed by atoms with Crippen LogP contribution in [0.2, 0.25) is 0 Å². The highest BCUT2D eigenvalue weighted by atomic mass is 16.5. The summed E-state index contributed by atoms with van der Waals surface area (Å²) in [5, 5.41) is 3.23. The quantitative estimate of drug-likeness (QED) is 0.937. The smallest absolute Gasteiger partial charge is 0.135 e. The molecule has 1 aliphatic rings. The van der Waals surface area contributed by atoms with Gasteiger partial charge in [-0.2, -0.15) is 0 Å². The topological polar surface area (TPSA) is 47.0 Å². The summed E-state index contributed by atoms with van der Waals surface area (Å²) in [5.74, 6) is 2.75. The summed E-state index contributed by atoms with van der Waals surface area (Å²) in [4.78, 5) is 9.47. The van der Waals surface area contributed by atoms with Crippen LogP contribution >= 0.6 is 0 Å². The second kappa shape index (κ2) is 6.12. The molecule has 3 rings (SSSR count). The Morgan fingerprint density at radius 1 is 1.19 bits per heavy atom. The van der Waals surface area contributed by atoms with Gasteiger partial charge in [-0.3, -0.25) is 0 Å². The molecule has 1 N–H and O–H groups in total. The van der Waals surface area contributed by atoms with Crippen molar-refractivity contribution >= 4 is 5.82 Å². The Labute approximate surface area is 125 Å². The molecule has 4 heteroatoms. The maximum Gasteiger partial charge on any atom is 0.135 e. The van der Waals surface area contributed by atoms with Gasteiger partial charge in [0, 0.05) is 24.7 Å². The highest BCUT2D eigenvalue weighted by Gasteiger charge is 2.17. The van der Waals surface area contributed by atoms with Crippen molar-refractivity contribution in [2.45, 2.75) is 32.1 Å². The van der Waals surface area contributed by atoms with Crippen molar-refractivity contribution in [1.29, 1.82) is 0 Å². The lowest BCUT2D eigenvalue weighted by Crippen LogP contribution is -2.13. The molecule has 2 aromatic rings. The number of nitrogens with zero attached hydrogens (tertiary/aromatic N) is 2. The fraction of sp³-hybridized carbons (Fsp3) is 0.412. The molecule has 21 heavy (non-hydrogen) atoms. The number of anilines is 1. The van der Waals surface area contributed by atoms with Gasteiger partial charge in [-0.25, -0.2) is 9.97 Å². The monoisotopic (exact) mass is 283 g/mol. The van der Waals surface area contributed by atoms with Crippen molar-refractivity contribution in [2.24, 2.45) is 0 Å². The third kappa shape index (κ3) is 2.99. The molecule has 0 atom stereocenters. The van der Waals surface area contributed by atoms with E-state index in [1.807, 2.05) is 25.2 Å². The predicted molar refractivity (Wildman–Crippen MR) is 84.0 cm³/mol. The van der Waals surface area contributed by atoms with Gasteiger partial charge in [0.15, 0.2) is 0 Å². The maximum atomic E-state index is 5.27. The number of methoxy groups -OCH3 is 1. The fourth-order valence-electron chi connectivity index (χ4n) is 2.90. The summed E-state index contributed by atoms with van der Waals surface area (Å²) in [6.45, 7) is 0. The number of hydrogen-bond acceptors (Lipinski definition) is 4. The van der Waals surface area contributed by atoms with E-state index in [0.29, 0.717) is 0 Å². The zero-order valence-electron chi connectivity index (χ0n) is 12.6. The standard InChI is InChI=1S/C17H21N3O/c1-18-17-14-8-3-4-9-15(14)19-16(20-17)11-12-6-5-7-13(10-12)21-2/h5-7,10H,3-4,8-9,11H2,1-2H3,(H,18,19,20). The second-order valence-electron chi connectivity index (χ2n) is 5.40. The summed E-state index contributed by atoms with van der Waals surface area (Å²) in [6.07, 6.45) is 5.35. The van der Waals surface area contributed by atoms with E-state index in [4.69, 9.17) is 14.7 Å². The third-order valence-electron chi connectivity index (χ3n) is 3.96. The third-order valence-corrected chi connectivity index (χ3v) is 3.96. The zero-order valence-corrected chi connectivity index (χ0v) is 12.6. The zero-order chi connectivity index (χ0) is 14.7. The summed E-state index contributed by atoms with van der Waals surface area (Å²) in [7, 11) is 3.63. The molecule has 1 aromatic heterocycles. The van der Waals surface area contributed by atoms with Crippen LogP contribution in [-0.2, 0) is 19.3 Å². The molecule has 0 amide bonds. The fourth-order valence-corrected chi connectivity index (χ4v) is 2.90. The molecule has 1 aliphatic carbocycles. The minimum absolute atomic E-state index is 0.735. The number of aryl methyl sites for hydroxylation is 1. The lowest BCUT2D eigenvalue weighted by Gasteiger charge is -2.18. The molecular weight excluding hydrogens is 262 g/mol. The second-order valence-corrected chi connectivity index (χ2v) is 5.40. The number of ether oxygens (including phenoxy) is 1. The minimum atomic E-state index is 0.735. The van der Waals surface area contributed by atoms with Crippen LogP contribution in [0.25, 0.3) is 0 Å². The lowest BCUT2D eigenvalue weighted by molar-refractivity contribution is 0.414. The first-order chi connectivity index (χ1) is 10.3. The van der Waals surface area contributed by atoms with Crippen molar-refractivity contribution in [3.8, 4) is 5.75 Å². The van der Waals surface area contributed by atoms with Crippen LogP contribution in [0.5, 0.6) is 5.75 Å². The number of aromatic nitrogens is 2. The molecule has 0 fully saturated rings. The summed E-state index contributed by atoms with van der Waals surface area (Å²) in [5.41, 5.74) is 3.70. The maximum absolute atomic E-state index is 5.27. The average Bonchev–Trinajstić information content (AvgIpc) is 2.54. The number of nitrogens with one attached hydrogen (secondary N) is 1. The average molecular weight is 283 g/mol. The van der Waals surface area contributed by atoms with Crippen LogP contribution in [0, 0.1) is 0 Å². The van der Waals surface area contributed by atoms with Crippen LogP contribution in [0.4, 0.5) is 5.82 Å². The first-order valence-electron chi connectivity index (χ1n) is 7.49. The van der Waals surface area contributed by atoms with Crippen LogP contribution in [0.3, 0.4) is 0 Å². The molecule has 4 nitrogen and oxygen atoms in total. The van der Waals surface area contributed by atoms with Crippen LogP contribution in [-0.4, -0.2) is 24.1 Å². The molecule has 0 saturated heterocycles. The van der Waals surface area contributed by atoms with Crippen LogP contribution in [0.15, 0.2) is 24.3 Å². The molecule has 1 aromatic carbocycles. The first kappa shape index (κ1) is 13.9. The normalized spacial score (nSPS) is 13.6. The molecule has 0 radical (unpaired) electrons. The molecule has 0 unspecified atom stereocenters. The van der Waals surface area contributed by atoms with Crippen molar-refractivity contribution in [1.82, 2.24) is 9.97 Å². The minimum Gasteiger partial charge on any atom is -0.497 e. The summed E-state index contributed by atoms with van der Waals surface area (Å²) < 4.78 is 5.27. The van der Waals surface area contributed by atoms with E-state index in [1.165, 1.54) is 29.7 Å². The van der Waals surface area contributed by atoms with Gasteiger partial charge in [-0.1, -0.05) is 12.1 Å². The van der Waals surface area contributed by atoms with E-state index in [9.17, 15) is 0 Å². The Morgan fingerprint density at radius 2 is 2.05 bits per heavy atom.